The van der Waals surface area contributed by atoms with Crippen molar-refractivity contribution in [3.05, 3.63) is 52.5 Å². The summed E-state index contributed by atoms with van der Waals surface area (Å²) >= 11 is 5.94. The van der Waals surface area contributed by atoms with Gasteiger partial charge in [-0.2, -0.15) is 0 Å². The maximum Gasteiger partial charge on any atom is 0.302 e. The van der Waals surface area contributed by atoms with E-state index in [1.54, 1.807) is 24.3 Å². The first kappa shape index (κ1) is 17.0. The molecule has 25 heavy (non-hydrogen) atoms. The van der Waals surface area contributed by atoms with Crippen LogP contribution in [-0.4, -0.2) is 22.6 Å². The lowest BCUT2D eigenvalue weighted by Gasteiger charge is -2.05. The summed E-state index contributed by atoms with van der Waals surface area (Å²) in [4.78, 5) is 14.7. The number of para-hydroxylation sites is 1. The first-order valence-corrected chi connectivity index (χ1v) is 7.97. The minimum absolute atomic E-state index is 0.130. The third-order valence-electron chi connectivity index (χ3n) is 3.75. The fraction of sp³-hybridized carbons (Fsp3) is 0.167. The highest BCUT2D eigenvalue weighted by Crippen LogP contribution is 2.36. The van der Waals surface area contributed by atoms with Crippen LogP contribution in [0.3, 0.4) is 0 Å². The second-order valence-electron chi connectivity index (χ2n) is 5.61. The van der Waals surface area contributed by atoms with Gasteiger partial charge < -0.3 is 14.8 Å². The maximum absolute atomic E-state index is 11.9. The number of fused-ring (bicyclic) bond motifs is 1. The lowest BCUT2D eigenvalue weighted by atomic mass is 10.1. The number of halogens is 1. The van der Waals surface area contributed by atoms with Crippen LogP contribution in [0.15, 0.2) is 46.6 Å². The van der Waals surface area contributed by atoms with Crippen LogP contribution in [0.2, 0.25) is 5.02 Å². The normalized spacial score (nSPS) is 11.3. The van der Waals surface area contributed by atoms with Crippen LogP contribution in [0.4, 0.5) is 5.69 Å². The highest BCUT2D eigenvalue weighted by Gasteiger charge is 2.12. The van der Waals surface area contributed by atoms with Crippen molar-refractivity contribution in [3.63, 3.8) is 0 Å². The monoisotopic (exact) mass is 357 g/mol. The van der Waals surface area contributed by atoms with E-state index in [1.807, 2.05) is 26.0 Å². The number of H-pyrrole nitrogens is 1. The molecule has 1 amide bonds. The minimum atomic E-state index is -0.561. The number of rotatable bonds is 4. The summed E-state index contributed by atoms with van der Waals surface area (Å²) in [5, 5.41) is 18.8. The number of aryl methyl sites for hydroxylation is 2. The van der Waals surface area contributed by atoms with Gasteiger partial charge in [0.1, 0.15) is 5.75 Å². The van der Waals surface area contributed by atoms with Crippen molar-refractivity contribution >= 4 is 34.1 Å². The second kappa shape index (κ2) is 6.94. The molecule has 0 aliphatic rings. The van der Waals surface area contributed by atoms with Crippen LogP contribution in [0.1, 0.15) is 11.1 Å². The Morgan fingerprint density at radius 3 is 2.80 bits per heavy atom. The summed E-state index contributed by atoms with van der Waals surface area (Å²) in [6.45, 7) is 3.50. The van der Waals surface area contributed by atoms with Crippen LogP contribution in [0, 0.1) is 13.8 Å². The van der Waals surface area contributed by atoms with Gasteiger partial charge in [0.05, 0.1) is 5.52 Å². The molecular weight excluding hydrogens is 342 g/mol. The van der Waals surface area contributed by atoms with Gasteiger partial charge in [-0.1, -0.05) is 29.8 Å². The topological polar surface area (TPSA) is 87.0 Å². The number of nitrogens with one attached hydrogen (secondary N) is 1. The second-order valence-corrected chi connectivity index (χ2v) is 6.02. The van der Waals surface area contributed by atoms with E-state index in [-0.39, 0.29) is 18.2 Å². The van der Waals surface area contributed by atoms with E-state index in [0.717, 1.165) is 16.6 Å². The summed E-state index contributed by atoms with van der Waals surface area (Å²) < 4.78 is 5.38. The number of ether oxygens (including phenoxy) is 1. The first-order valence-electron chi connectivity index (χ1n) is 7.59. The molecule has 2 aromatic carbocycles. The summed E-state index contributed by atoms with van der Waals surface area (Å²) in [6, 6.07) is 10.7. The van der Waals surface area contributed by atoms with Crippen LogP contribution < -0.4 is 4.74 Å². The minimum Gasteiger partial charge on any atom is -0.493 e. The van der Waals surface area contributed by atoms with Gasteiger partial charge in [0.15, 0.2) is 12.3 Å². The van der Waals surface area contributed by atoms with Gasteiger partial charge in [-0.15, -0.1) is 10.2 Å². The number of aromatic amines is 1. The molecule has 0 atom stereocenters. The van der Waals surface area contributed by atoms with Crippen molar-refractivity contribution < 1.29 is 14.6 Å². The molecule has 0 spiro atoms. The van der Waals surface area contributed by atoms with Crippen molar-refractivity contribution in [2.75, 3.05) is 6.61 Å². The molecule has 6 nitrogen and oxygen atoms in total. The molecule has 0 fully saturated rings. The molecule has 0 aliphatic heterocycles. The molecule has 128 valence electrons. The third-order valence-corrected chi connectivity index (χ3v) is 4.17. The van der Waals surface area contributed by atoms with Gasteiger partial charge in [-0.3, -0.25) is 4.79 Å². The molecule has 2 N–H and O–H groups in total. The average molecular weight is 358 g/mol. The maximum atomic E-state index is 11.9. The smallest absolute Gasteiger partial charge is 0.302 e. The Morgan fingerprint density at radius 2 is 2.04 bits per heavy atom. The quantitative estimate of drug-likeness (QED) is 0.655. The fourth-order valence-corrected chi connectivity index (χ4v) is 2.54. The molecule has 0 radical (unpaired) electrons. The van der Waals surface area contributed by atoms with Crippen molar-refractivity contribution in [3.8, 4) is 11.6 Å². The number of amides is 1. The Hall–Kier alpha value is -2.86. The lowest BCUT2D eigenvalue weighted by Crippen LogP contribution is -2.07. The van der Waals surface area contributed by atoms with Crippen LogP contribution in [0.25, 0.3) is 10.9 Å². The number of benzene rings is 2. The van der Waals surface area contributed by atoms with Gasteiger partial charge >= 0.3 is 5.91 Å². The van der Waals surface area contributed by atoms with Crippen molar-refractivity contribution in [2.24, 2.45) is 10.2 Å². The number of hydrogen-bond donors (Lipinski definition) is 2. The Kier molecular flexibility index (Phi) is 4.72. The zero-order valence-corrected chi connectivity index (χ0v) is 14.5. The Bertz CT molecular complexity index is 979. The summed E-state index contributed by atoms with van der Waals surface area (Å²) in [5.41, 5.74) is 2.80. The van der Waals surface area contributed by atoms with Crippen molar-refractivity contribution in [1.29, 1.82) is 0 Å². The largest absolute Gasteiger partial charge is 0.493 e. The zero-order chi connectivity index (χ0) is 18.0. The number of nitrogens with zero attached hydrogens (tertiary/aromatic N) is 2. The third kappa shape index (κ3) is 3.64. The molecule has 0 saturated carbocycles. The zero-order valence-electron chi connectivity index (χ0n) is 13.7. The lowest BCUT2D eigenvalue weighted by molar-refractivity contribution is -0.120. The standard InChI is InChI=1S/C18H16ClN3O3/c1-10-4-3-5-13-16(10)20-18(24)17(13)22-21-15(23)9-25-12-6-7-14(19)11(2)8-12/h3-8,20,24H,9H2,1-2H3. The van der Waals surface area contributed by atoms with Gasteiger partial charge in [-0.25, -0.2) is 0 Å². The molecule has 7 heteroatoms. The molecule has 0 saturated heterocycles. The fourth-order valence-electron chi connectivity index (χ4n) is 2.42. The van der Waals surface area contributed by atoms with Gasteiger partial charge in [0.2, 0.25) is 5.88 Å². The molecule has 0 unspecified atom stereocenters. The SMILES string of the molecule is Cc1cc(OCC(=O)N=Nc2c(O)[nH]c3c(C)cccc23)ccc1Cl. The molecule has 3 aromatic rings. The molecule has 0 aliphatic carbocycles. The van der Waals surface area contributed by atoms with Crippen molar-refractivity contribution in [2.45, 2.75) is 13.8 Å². The van der Waals surface area contributed by atoms with Crippen LogP contribution in [-0.2, 0) is 4.79 Å². The number of aromatic nitrogens is 1. The predicted octanol–water partition coefficient (Wildman–Crippen LogP) is 4.83. The summed E-state index contributed by atoms with van der Waals surface area (Å²) in [7, 11) is 0. The number of carbonyl (C=O) groups excluding carboxylic acids is 1. The molecule has 0 bridgehead atoms. The van der Waals surface area contributed by atoms with E-state index in [4.69, 9.17) is 16.3 Å². The Labute approximate surface area is 149 Å². The Balaban J connectivity index is 1.71. The van der Waals surface area contributed by atoms with Crippen LogP contribution >= 0.6 is 11.6 Å². The molecule has 1 aromatic heterocycles. The predicted molar refractivity (Wildman–Crippen MR) is 95.9 cm³/mol. The van der Waals surface area contributed by atoms with Crippen LogP contribution in [0.5, 0.6) is 11.6 Å². The van der Waals surface area contributed by atoms with E-state index >= 15 is 0 Å². The number of hydrogen-bond acceptors (Lipinski definition) is 4. The Morgan fingerprint density at radius 1 is 1.24 bits per heavy atom. The van der Waals surface area contributed by atoms with Gasteiger partial charge in [0.25, 0.3) is 0 Å². The van der Waals surface area contributed by atoms with E-state index in [9.17, 15) is 9.90 Å². The van der Waals surface area contributed by atoms with Gasteiger partial charge in [0, 0.05) is 10.4 Å². The summed E-state index contributed by atoms with van der Waals surface area (Å²) in [5.74, 6) is -0.167. The van der Waals surface area contributed by atoms with E-state index < -0.39 is 5.91 Å². The summed E-state index contributed by atoms with van der Waals surface area (Å²) in [6.07, 6.45) is 0. The van der Waals surface area contributed by atoms with E-state index in [2.05, 4.69) is 15.2 Å². The average Bonchev–Trinajstić information content (AvgIpc) is 2.91. The number of carbonyl (C=O) groups is 1. The number of aromatic hydroxyl groups is 1. The van der Waals surface area contributed by atoms with Crippen molar-refractivity contribution in [1.82, 2.24) is 4.98 Å². The first-order chi connectivity index (χ1) is 12.0. The number of azo groups is 1. The van der Waals surface area contributed by atoms with Gasteiger partial charge in [-0.05, 0) is 43.2 Å². The van der Waals surface area contributed by atoms with E-state index in [0.29, 0.717) is 16.2 Å². The molecular formula is C18H16ClN3O3. The highest BCUT2D eigenvalue weighted by atomic mass is 35.5. The van der Waals surface area contributed by atoms with E-state index in [1.165, 1.54) is 0 Å². The molecule has 3 rings (SSSR count). The highest BCUT2D eigenvalue weighted by molar-refractivity contribution is 6.31. The molecule has 1 heterocycles.